The van der Waals surface area contributed by atoms with Crippen molar-refractivity contribution in [2.45, 2.75) is 25.8 Å². The number of hydrogen-bond donors (Lipinski definition) is 0. The SMILES string of the molecule is C.O=C1[C@H]2C=C[C@@H](c3ccc(Cl)cc3Cl)[C@H](c3ccc(Cl)cn3)[C@@H]2CN1Cc1ccc(F)c(F)c1. The maximum absolute atomic E-state index is 13.7. The van der Waals surface area contributed by atoms with Gasteiger partial charge in [-0.2, -0.15) is 0 Å². The number of benzene rings is 2. The molecular formula is C27H23Cl3F2N2O. The van der Waals surface area contributed by atoms with Crippen LogP contribution in [0.3, 0.4) is 0 Å². The Balaban J connectivity index is 0.00000289. The molecule has 0 radical (unpaired) electrons. The number of fused-ring (bicyclic) bond motifs is 1. The molecule has 0 unspecified atom stereocenters. The molecule has 1 saturated heterocycles. The van der Waals surface area contributed by atoms with Crippen LogP contribution < -0.4 is 0 Å². The Hall–Kier alpha value is -2.47. The number of carbonyl (C=O) groups is 1. The lowest BCUT2D eigenvalue weighted by Crippen LogP contribution is -2.30. The molecule has 3 nitrogen and oxygen atoms in total. The normalized spacial score (nSPS) is 23.2. The van der Waals surface area contributed by atoms with Crippen molar-refractivity contribution in [3.05, 3.63) is 110 Å². The lowest BCUT2D eigenvalue weighted by Gasteiger charge is -2.35. The summed E-state index contributed by atoms with van der Waals surface area (Å²) in [5.74, 6) is -2.61. The van der Waals surface area contributed by atoms with Crippen LogP contribution in [-0.2, 0) is 11.3 Å². The van der Waals surface area contributed by atoms with Crippen molar-refractivity contribution in [1.29, 1.82) is 0 Å². The van der Waals surface area contributed by atoms with Crippen LogP contribution in [0.1, 0.15) is 36.1 Å². The van der Waals surface area contributed by atoms with E-state index >= 15 is 0 Å². The molecule has 2 heterocycles. The molecule has 0 saturated carbocycles. The van der Waals surface area contributed by atoms with E-state index in [0.29, 0.717) is 27.2 Å². The van der Waals surface area contributed by atoms with Crippen molar-refractivity contribution in [3.8, 4) is 0 Å². The zero-order valence-corrected chi connectivity index (χ0v) is 20.0. The van der Waals surface area contributed by atoms with Gasteiger partial charge in [0, 0.05) is 52.8 Å². The number of nitrogens with zero attached hydrogens (tertiary/aromatic N) is 2. The molecule has 0 bridgehead atoms. The highest BCUT2D eigenvalue weighted by Gasteiger charge is 2.48. The van der Waals surface area contributed by atoms with Crippen molar-refractivity contribution < 1.29 is 13.6 Å². The van der Waals surface area contributed by atoms with Gasteiger partial charge in [-0.25, -0.2) is 8.78 Å². The quantitative estimate of drug-likeness (QED) is 0.321. The van der Waals surface area contributed by atoms with E-state index in [1.165, 1.54) is 6.07 Å². The van der Waals surface area contributed by atoms with Crippen molar-refractivity contribution in [3.63, 3.8) is 0 Å². The summed E-state index contributed by atoms with van der Waals surface area (Å²) in [5, 5.41) is 1.61. The lowest BCUT2D eigenvalue weighted by atomic mass is 9.68. The molecule has 2 aliphatic rings. The topological polar surface area (TPSA) is 33.2 Å². The second-order valence-corrected chi connectivity index (χ2v) is 9.94. The first-order valence-corrected chi connectivity index (χ1v) is 11.9. The molecule has 1 aromatic heterocycles. The summed E-state index contributed by atoms with van der Waals surface area (Å²) in [6.45, 7) is 0.646. The maximum Gasteiger partial charge on any atom is 0.230 e. The fourth-order valence-corrected chi connectivity index (χ4v) is 5.74. The van der Waals surface area contributed by atoms with Gasteiger partial charge in [0.15, 0.2) is 11.6 Å². The highest BCUT2D eigenvalue weighted by molar-refractivity contribution is 6.35. The Kier molecular flexibility index (Phi) is 7.51. The Bertz CT molecular complexity index is 1280. The average Bonchev–Trinajstić information content (AvgIpc) is 3.12. The molecule has 4 atom stereocenters. The molecule has 182 valence electrons. The second kappa shape index (κ2) is 10.3. The first kappa shape index (κ1) is 25.6. The van der Waals surface area contributed by atoms with E-state index in [0.717, 1.165) is 23.4 Å². The predicted molar refractivity (Wildman–Crippen MR) is 136 cm³/mol. The summed E-state index contributed by atoms with van der Waals surface area (Å²) in [6.07, 6.45) is 5.54. The Morgan fingerprint density at radius 2 is 1.66 bits per heavy atom. The van der Waals surface area contributed by atoms with Gasteiger partial charge in [-0.3, -0.25) is 9.78 Å². The third-order valence-electron chi connectivity index (χ3n) is 6.63. The highest BCUT2D eigenvalue weighted by atomic mass is 35.5. The number of allylic oxidation sites excluding steroid dienone is 1. The minimum absolute atomic E-state index is 0. The van der Waals surface area contributed by atoms with Gasteiger partial charge in [0.25, 0.3) is 0 Å². The number of halogens is 5. The highest BCUT2D eigenvalue weighted by Crippen LogP contribution is 2.50. The molecule has 1 aliphatic carbocycles. The Labute approximate surface area is 218 Å². The third kappa shape index (κ3) is 4.95. The van der Waals surface area contributed by atoms with Crippen LogP contribution in [0.15, 0.2) is 66.9 Å². The molecule has 1 fully saturated rings. The molecule has 3 aromatic rings. The van der Waals surface area contributed by atoms with Crippen LogP contribution in [0.4, 0.5) is 8.78 Å². The van der Waals surface area contributed by atoms with Crippen LogP contribution in [-0.4, -0.2) is 22.3 Å². The summed E-state index contributed by atoms with van der Waals surface area (Å²) in [5.41, 5.74) is 2.24. The minimum Gasteiger partial charge on any atom is -0.338 e. The molecule has 35 heavy (non-hydrogen) atoms. The number of likely N-dealkylation sites (tertiary alicyclic amines) is 1. The van der Waals surface area contributed by atoms with Crippen LogP contribution in [0, 0.1) is 23.5 Å². The van der Waals surface area contributed by atoms with Gasteiger partial charge in [0.05, 0.1) is 10.9 Å². The fourth-order valence-electron chi connectivity index (χ4n) is 5.10. The molecular weight excluding hydrogens is 513 g/mol. The summed E-state index contributed by atoms with van der Waals surface area (Å²) < 4.78 is 27.1. The van der Waals surface area contributed by atoms with Gasteiger partial charge in [0.2, 0.25) is 5.91 Å². The molecule has 5 rings (SSSR count). The van der Waals surface area contributed by atoms with E-state index in [9.17, 15) is 13.6 Å². The number of carbonyl (C=O) groups excluding carboxylic acids is 1. The van der Waals surface area contributed by atoms with Gasteiger partial charge in [-0.1, -0.05) is 66.5 Å². The zero-order valence-electron chi connectivity index (χ0n) is 17.8. The monoisotopic (exact) mass is 534 g/mol. The zero-order chi connectivity index (χ0) is 24.0. The van der Waals surface area contributed by atoms with Crippen LogP contribution >= 0.6 is 34.8 Å². The molecule has 0 spiro atoms. The molecule has 1 aliphatic heterocycles. The fraction of sp³-hybridized carbons (Fsp3) is 0.259. The predicted octanol–water partition coefficient (Wildman–Crippen LogP) is 7.67. The number of aromatic nitrogens is 1. The summed E-state index contributed by atoms with van der Waals surface area (Å²) in [6, 6.07) is 12.8. The number of amides is 1. The van der Waals surface area contributed by atoms with Gasteiger partial charge < -0.3 is 4.90 Å². The average molecular weight is 536 g/mol. The molecule has 1 amide bonds. The van der Waals surface area contributed by atoms with Gasteiger partial charge >= 0.3 is 0 Å². The van der Waals surface area contributed by atoms with Crippen molar-refractivity contribution in [1.82, 2.24) is 9.88 Å². The molecule has 2 aromatic carbocycles. The largest absolute Gasteiger partial charge is 0.338 e. The standard InChI is InChI=1S/C26H19Cl3F2N2O.CH4/c27-15-2-4-17(21(29)10-15)18-5-6-19-20(25(18)24-8-3-16(28)11-32-24)13-33(26(19)34)12-14-1-7-22(30)23(31)9-14;/h1-11,18-20,25H,12-13H2;1H4/t18-,19-,20+,25-;/m0./s1. The van der Waals surface area contributed by atoms with E-state index < -0.39 is 11.6 Å². The first-order valence-electron chi connectivity index (χ1n) is 10.8. The summed E-state index contributed by atoms with van der Waals surface area (Å²) in [7, 11) is 0. The second-order valence-electron chi connectivity index (χ2n) is 8.66. The smallest absolute Gasteiger partial charge is 0.230 e. The maximum atomic E-state index is 13.7. The number of pyridine rings is 1. The number of rotatable bonds is 4. The summed E-state index contributed by atoms with van der Waals surface area (Å²) in [4.78, 5) is 19.6. The molecule has 8 heteroatoms. The molecule has 0 N–H and O–H groups in total. The van der Waals surface area contributed by atoms with E-state index in [1.54, 1.807) is 29.3 Å². The van der Waals surface area contributed by atoms with Crippen molar-refractivity contribution in [2.24, 2.45) is 11.8 Å². The Morgan fingerprint density at radius 1 is 0.914 bits per heavy atom. The van der Waals surface area contributed by atoms with Crippen LogP contribution in [0.2, 0.25) is 15.1 Å². The number of hydrogen-bond acceptors (Lipinski definition) is 2. The van der Waals surface area contributed by atoms with Crippen molar-refractivity contribution >= 4 is 40.7 Å². The lowest BCUT2D eigenvalue weighted by molar-refractivity contribution is -0.130. The third-order valence-corrected chi connectivity index (χ3v) is 7.42. The first-order chi connectivity index (χ1) is 16.3. The van der Waals surface area contributed by atoms with Crippen molar-refractivity contribution in [2.75, 3.05) is 6.54 Å². The van der Waals surface area contributed by atoms with E-state index in [2.05, 4.69) is 4.98 Å². The van der Waals surface area contributed by atoms with E-state index in [4.69, 9.17) is 34.8 Å². The Morgan fingerprint density at radius 3 is 2.34 bits per heavy atom. The van der Waals surface area contributed by atoms with Crippen LogP contribution in [0.5, 0.6) is 0 Å². The van der Waals surface area contributed by atoms with Gasteiger partial charge in [-0.05, 0) is 47.5 Å². The van der Waals surface area contributed by atoms with Gasteiger partial charge in [0.1, 0.15) is 0 Å². The summed E-state index contributed by atoms with van der Waals surface area (Å²) >= 11 is 18.8. The van der Waals surface area contributed by atoms with E-state index in [1.807, 2.05) is 24.3 Å². The van der Waals surface area contributed by atoms with Crippen LogP contribution in [0.25, 0.3) is 0 Å². The van der Waals surface area contributed by atoms with E-state index in [-0.39, 0.29) is 43.6 Å². The van der Waals surface area contributed by atoms with Gasteiger partial charge in [-0.15, -0.1) is 0 Å². The minimum atomic E-state index is -0.929.